The number of oxazole rings is 1. The van der Waals surface area contributed by atoms with Crippen molar-refractivity contribution >= 4 is 5.96 Å². The van der Waals surface area contributed by atoms with Crippen LogP contribution in [-0.2, 0) is 6.54 Å². The molecule has 2 rings (SSSR count). The number of nitrogens with one attached hydrogen (secondary N) is 2. The molecule has 2 N–H and O–H groups in total. The van der Waals surface area contributed by atoms with E-state index in [0.717, 1.165) is 30.5 Å². The van der Waals surface area contributed by atoms with Crippen molar-refractivity contribution in [2.45, 2.75) is 52.6 Å². The Morgan fingerprint density at radius 3 is 2.82 bits per heavy atom. The van der Waals surface area contributed by atoms with Gasteiger partial charge in [0.1, 0.15) is 5.76 Å². The van der Waals surface area contributed by atoms with Gasteiger partial charge in [0.25, 0.3) is 0 Å². The summed E-state index contributed by atoms with van der Waals surface area (Å²) in [7, 11) is 1.79. The third kappa shape index (κ3) is 4.47. The van der Waals surface area contributed by atoms with Crippen molar-refractivity contribution in [3.05, 3.63) is 17.3 Å². The van der Waals surface area contributed by atoms with Gasteiger partial charge in [-0.05, 0) is 39.8 Å². The Bertz CT molecular complexity index is 477. The van der Waals surface area contributed by atoms with Crippen LogP contribution in [0.25, 0.3) is 0 Å². The lowest BCUT2D eigenvalue weighted by Gasteiger charge is -2.35. The van der Waals surface area contributed by atoms with E-state index in [1.54, 1.807) is 7.05 Å². The van der Waals surface area contributed by atoms with E-state index in [0.29, 0.717) is 18.5 Å². The van der Waals surface area contributed by atoms with Crippen LogP contribution >= 0.6 is 0 Å². The average Bonchev–Trinajstić information content (AvgIpc) is 2.86. The zero-order valence-electron chi connectivity index (χ0n) is 14.3. The molecule has 1 saturated heterocycles. The number of aliphatic imine (C=N–C) groups is 1. The minimum Gasteiger partial charge on any atom is -0.444 e. The van der Waals surface area contributed by atoms with E-state index >= 15 is 0 Å². The number of aryl methyl sites for hydroxylation is 2. The van der Waals surface area contributed by atoms with Gasteiger partial charge >= 0.3 is 0 Å². The normalized spacial score (nSPS) is 20.2. The second kappa shape index (κ2) is 8.17. The monoisotopic (exact) mass is 307 g/mol. The number of guanidine groups is 1. The van der Waals surface area contributed by atoms with Crippen molar-refractivity contribution in [1.82, 2.24) is 20.5 Å². The zero-order chi connectivity index (χ0) is 15.9. The molecule has 0 saturated carbocycles. The van der Waals surface area contributed by atoms with Crippen molar-refractivity contribution in [3.63, 3.8) is 0 Å². The van der Waals surface area contributed by atoms with Crippen LogP contribution in [0.15, 0.2) is 9.41 Å². The van der Waals surface area contributed by atoms with E-state index in [4.69, 9.17) is 4.42 Å². The average molecular weight is 307 g/mol. The van der Waals surface area contributed by atoms with Gasteiger partial charge in [-0.25, -0.2) is 4.98 Å². The molecule has 6 heteroatoms. The summed E-state index contributed by atoms with van der Waals surface area (Å²) in [5.74, 6) is 2.38. The molecule has 0 bridgehead atoms. The molecule has 0 radical (unpaired) electrons. The van der Waals surface area contributed by atoms with Crippen LogP contribution in [0.4, 0.5) is 0 Å². The summed E-state index contributed by atoms with van der Waals surface area (Å²) in [6.45, 7) is 9.93. The van der Waals surface area contributed by atoms with Crippen molar-refractivity contribution in [2.24, 2.45) is 4.99 Å². The highest BCUT2D eigenvalue weighted by Gasteiger charge is 2.20. The Morgan fingerprint density at radius 1 is 1.36 bits per heavy atom. The first-order valence-corrected chi connectivity index (χ1v) is 8.25. The molecular weight excluding hydrogens is 278 g/mol. The highest BCUT2D eigenvalue weighted by atomic mass is 16.4. The summed E-state index contributed by atoms with van der Waals surface area (Å²) in [5, 5.41) is 6.69. The molecular formula is C16H29N5O. The van der Waals surface area contributed by atoms with Crippen LogP contribution in [0.5, 0.6) is 0 Å². The number of likely N-dealkylation sites (N-methyl/N-ethyl adjacent to an activating group) is 1. The zero-order valence-corrected chi connectivity index (χ0v) is 14.3. The molecule has 0 amide bonds. The molecule has 1 fully saturated rings. The van der Waals surface area contributed by atoms with Crippen molar-refractivity contribution in [1.29, 1.82) is 0 Å². The molecule has 0 spiro atoms. The first-order valence-electron chi connectivity index (χ1n) is 8.25. The van der Waals surface area contributed by atoms with Gasteiger partial charge in [-0.2, -0.15) is 0 Å². The molecule has 124 valence electrons. The summed E-state index contributed by atoms with van der Waals surface area (Å²) < 4.78 is 5.57. The Kier molecular flexibility index (Phi) is 6.24. The summed E-state index contributed by atoms with van der Waals surface area (Å²) in [5.41, 5.74) is 0.945. The molecule has 6 nitrogen and oxygen atoms in total. The second-order valence-electron chi connectivity index (χ2n) is 5.83. The molecule has 0 aliphatic carbocycles. The quantitative estimate of drug-likeness (QED) is 0.642. The Labute approximate surface area is 133 Å². The number of rotatable bonds is 5. The standard InChI is InChI=1S/C16H29N5O/c1-5-21-9-7-6-8-14(21)10-18-16(17-4)19-11-15-20-12(2)13(3)22-15/h14H,5-11H2,1-4H3,(H2,17,18,19). The van der Waals surface area contributed by atoms with Crippen LogP contribution < -0.4 is 10.6 Å². The van der Waals surface area contributed by atoms with E-state index in [1.165, 1.54) is 25.8 Å². The molecule has 1 atom stereocenters. The second-order valence-corrected chi connectivity index (χ2v) is 5.83. The number of likely N-dealkylation sites (tertiary alicyclic amines) is 1. The smallest absolute Gasteiger partial charge is 0.214 e. The van der Waals surface area contributed by atoms with Gasteiger partial charge in [0.2, 0.25) is 5.89 Å². The molecule has 1 unspecified atom stereocenters. The lowest BCUT2D eigenvalue weighted by molar-refractivity contribution is 0.157. The third-order valence-electron chi connectivity index (χ3n) is 4.36. The highest BCUT2D eigenvalue weighted by molar-refractivity contribution is 5.79. The number of hydrogen-bond acceptors (Lipinski definition) is 4. The molecule has 0 aromatic carbocycles. The van der Waals surface area contributed by atoms with Gasteiger partial charge in [0.15, 0.2) is 5.96 Å². The Morgan fingerprint density at radius 2 is 2.18 bits per heavy atom. The third-order valence-corrected chi connectivity index (χ3v) is 4.36. The number of hydrogen-bond donors (Lipinski definition) is 2. The SMILES string of the molecule is CCN1CCCCC1CNC(=NC)NCc1nc(C)c(C)o1. The molecule has 2 heterocycles. The van der Waals surface area contributed by atoms with Crippen LogP contribution in [0.1, 0.15) is 43.5 Å². The number of piperidine rings is 1. The van der Waals surface area contributed by atoms with Gasteiger partial charge in [-0.1, -0.05) is 13.3 Å². The number of aromatic nitrogens is 1. The first kappa shape index (κ1) is 16.8. The topological polar surface area (TPSA) is 65.7 Å². The maximum atomic E-state index is 5.57. The van der Waals surface area contributed by atoms with E-state index < -0.39 is 0 Å². The van der Waals surface area contributed by atoms with Gasteiger partial charge in [0.05, 0.1) is 12.2 Å². The van der Waals surface area contributed by atoms with E-state index in [-0.39, 0.29) is 0 Å². The molecule has 1 aromatic rings. The lowest BCUT2D eigenvalue weighted by atomic mass is 10.0. The Balaban J connectivity index is 1.79. The summed E-state index contributed by atoms with van der Waals surface area (Å²) in [4.78, 5) is 11.2. The van der Waals surface area contributed by atoms with Crippen molar-refractivity contribution < 1.29 is 4.42 Å². The molecule has 1 aliphatic rings. The minimum atomic E-state index is 0.552. The van der Waals surface area contributed by atoms with Crippen LogP contribution in [-0.4, -0.2) is 48.6 Å². The fourth-order valence-corrected chi connectivity index (χ4v) is 2.92. The van der Waals surface area contributed by atoms with E-state index in [2.05, 4.69) is 32.4 Å². The van der Waals surface area contributed by atoms with Crippen LogP contribution in [0, 0.1) is 13.8 Å². The van der Waals surface area contributed by atoms with Crippen LogP contribution in [0.3, 0.4) is 0 Å². The van der Waals surface area contributed by atoms with Gasteiger partial charge in [-0.3, -0.25) is 9.89 Å². The molecule has 22 heavy (non-hydrogen) atoms. The molecule has 1 aromatic heterocycles. The number of nitrogens with zero attached hydrogens (tertiary/aromatic N) is 3. The Hall–Kier alpha value is -1.56. The largest absolute Gasteiger partial charge is 0.444 e. The van der Waals surface area contributed by atoms with E-state index in [9.17, 15) is 0 Å². The van der Waals surface area contributed by atoms with Gasteiger partial charge in [0, 0.05) is 19.6 Å². The van der Waals surface area contributed by atoms with Gasteiger partial charge < -0.3 is 15.1 Å². The van der Waals surface area contributed by atoms with Crippen LogP contribution in [0.2, 0.25) is 0 Å². The maximum absolute atomic E-state index is 5.57. The summed E-state index contributed by atoms with van der Waals surface area (Å²) >= 11 is 0. The predicted molar refractivity (Wildman–Crippen MR) is 89.1 cm³/mol. The van der Waals surface area contributed by atoms with E-state index in [1.807, 2.05) is 13.8 Å². The minimum absolute atomic E-state index is 0.552. The van der Waals surface area contributed by atoms with Gasteiger partial charge in [-0.15, -0.1) is 0 Å². The lowest BCUT2D eigenvalue weighted by Crippen LogP contribution is -2.48. The summed E-state index contributed by atoms with van der Waals surface area (Å²) in [6, 6.07) is 0.600. The predicted octanol–water partition coefficient (Wildman–Crippen LogP) is 1.83. The first-order chi connectivity index (χ1) is 10.6. The fourth-order valence-electron chi connectivity index (χ4n) is 2.92. The fraction of sp³-hybridized carbons (Fsp3) is 0.750. The van der Waals surface area contributed by atoms with Crippen molar-refractivity contribution in [3.8, 4) is 0 Å². The van der Waals surface area contributed by atoms with Crippen molar-refractivity contribution in [2.75, 3.05) is 26.7 Å². The maximum Gasteiger partial charge on any atom is 0.214 e. The molecule has 1 aliphatic heterocycles. The highest BCUT2D eigenvalue weighted by Crippen LogP contribution is 2.15. The summed E-state index contributed by atoms with van der Waals surface area (Å²) in [6.07, 6.45) is 3.90.